The number of aldehydes is 1. The van der Waals surface area contributed by atoms with Crippen molar-refractivity contribution in [1.82, 2.24) is 34.2 Å². The summed E-state index contributed by atoms with van der Waals surface area (Å²) in [6.45, 7) is 18.4. The Bertz CT molecular complexity index is 3620. The van der Waals surface area contributed by atoms with Crippen LogP contribution in [0.4, 0.5) is 29.3 Å². The molecule has 0 radical (unpaired) electrons. The molecule has 10 rings (SSSR count). The zero-order valence-corrected chi connectivity index (χ0v) is 50.1. The van der Waals surface area contributed by atoms with Crippen molar-refractivity contribution in [2.75, 3.05) is 36.8 Å². The Morgan fingerprint density at radius 2 is 1.07 bits per heavy atom. The van der Waals surface area contributed by atoms with Crippen molar-refractivity contribution in [3.8, 4) is 34.4 Å². The van der Waals surface area contributed by atoms with Gasteiger partial charge in [-0.05, 0) is 194 Å². The number of carbonyl (C=O) groups is 4. The van der Waals surface area contributed by atoms with Gasteiger partial charge in [0.2, 0.25) is 6.29 Å². The number of imidazole rings is 2. The highest BCUT2D eigenvalue weighted by Gasteiger charge is 2.26. The Labute approximate surface area is 505 Å². The van der Waals surface area contributed by atoms with Crippen molar-refractivity contribution in [2.24, 2.45) is 5.73 Å². The molecule has 2 aromatic heterocycles. The van der Waals surface area contributed by atoms with Gasteiger partial charge in [-0.3, -0.25) is 24.2 Å². The third-order valence-corrected chi connectivity index (χ3v) is 14.0. The van der Waals surface area contributed by atoms with E-state index in [1.165, 1.54) is 0 Å². The third kappa shape index (κ3) is 20.0. The largest absolute Gasteiger partial charge is 0.457 e. The first kappa shape index (κ1) is 63.9. The van der Waals surface area contributed by atoms with E-state index < -0.39 is 18.1 Å². The molecule has 6 aromatic carbocycles. The van der Waals surface area contributed by atoms with Gasteiger partial charge >= 0.3 is 12.3 Å². The summed E-state index contributed by atoms with van der Waals surface area (Å²) >= 11 is 0. The highest BCUT2D eigenvalue weighted by molar-refractivity contribution is 6.05. The van der Waals surface area contributed by atoms with Gasteiger partial charge in [0, 0.05) is 84.5 Å². The second-order valence-corrected chi connectivity index (χ2v) is 22.8. The van der Waals surface area contributed by atoms with E-state index in [1.807, 2.05) is 173 Å². The minimum Gasteiger partial charge on any atom is -0.457 e. The molecule has 87 heavy (non-hydrogen) atoms. The van der Waals surface area contributed by atoms with Crippen LogP contribution in [0, 0.1) is 27.7 Å². The normalized spacial score (nSPS) is 15.3. The van der Waals surface area contributed by atoms with Gasteiger partial charge in [0.05, 0.1) is 24.0 Å². The second kappa shape index (κ2) is 29.3. The average Bonchev–Trinajstić information content (AvgIpc) is 3.20. The van der Waals surface area contributed by atoms with Crippen LogP contribution in [0.2, 0.25) is 0 Å². The highest BCUT2D eigenvalue weighted by atomic mass is 19.4. The van der Waals surface area contributed by atoms with E-state index in [-0.39, 0.29) is 30.0 Å². The van der Waals surface area contributed by atoms with E-state index in [2.05, 4.69) is 47.9 Å². The van der Waals surface area contributed by atoms with Crippen LogP contribution in [0.5, 0.6) is 23.0 Å². The molecule has 0 unspecified atom stereocenters. The molecule has 2 aliphatic heterocycles. The van der Waals surface area contributed by atoms with Crippen LogP contribution in [0.15, 0.2) is 159 Å². The number of hydrogen-bond donors (Lipinski definition) is 4. The monoisotopic (exact) mass is 1190 g/mol. The Morgan fingerprint density at radius 1 is 0.621 bits per heavy atom. The number of para-hydroxylation sites is 2. The van der Waals surface area contributed by atoms with E-state index >= 15 is 0 Å². The molecule has 17 nitrogen and oxygen atoms in total. The standard InChI is InChI=1S/C35H41N5O4.C30H33N5O2.C2HF3O/c1-24-13-14-27(18-32(24)43-31-11-7-6-8-12-31)33(41)37-29-16-26(17-30(19-29)40-20-25(2)36-23-40)21-39-15-9-10-28(22-39)38-34(42)44-35(3,4)5;1-21-10-11-24(15-29(21)37-28-8-4-3-5-9-28)30(36)33-26-13-23(18-34-12-6-7-25(31)19-34)14-27(16-26)35-17-22(2)32-20-35;3-2(4,5)1-6/h6-8,11-14,16-20,23,28H,9-10,15,21-22H2,1-5H3,(H,37,41)(H,38,42);3-5,8-11,13-17,20,25H,6-7,12,18-19,31H2,1-2H3,(H,33,36);1H/t28-;25-;/m00./s1. The van der Waals surface area contributed by atoms with E-state index in [0.717, 1.165) is 108 Å². The third-order valence-electron chi connectivity index (χ3n) is 14.0. The molecule has 2 atom stereocenters. The number of nitrogens with one attached hydrogen (secondary N) is 3. The van der Waals surface area contributed by atoms with Crippen molar-refractivity contribution in [3.05, 3.63) is 203 Å². The van der Waals surface area contributed by atoms with Crippen LogP contribution in [-0.4, -0.2) is 103 Å². The number of aromatic nitrogens is 4. The maximum Gasteiger partial charge on any atom is 0.446 e. The maximum absolute atomic E-state index is 13.5. The number of halogens is 3. The molecule has 5 N–H and O–H groups in total. The second-order valence-electron chi connectivity index (χ2n) is 22.8. The van der Waals surface area contributed by atoms with Crippen LogP contribution in [0.3, 0.4) is 0 Å². The average molecular weight is 1190 g/mol. The van der Waals surface area contributed by atoms with Crippen LogP contribution in [0.25, 0.3) is 11.4 Å². The lowest BCUT2D eigenvalue weighted by atomic mass is 10.0. The fraction of sp³-hybridized carbons (Fsp3) is 0.313. The molecule has 0 bridgehead atoms. The number of alkyl halides is 3. The minimum absolute atomic E-state index is 0.00564. The van der Waals surface area contributed by atoms with Crippen molar-refractivity contribution in [3.63, 3.8) is 0 Å². The van der Waals surface area contributed by atoms with Crippen molar-refractivity contribution < 1.29 is 46.6 Å². The van der Waals surface area contributed by atoms with Crippen LogP contribution >= 0.6 is 0 Å². The Balaban J connectivity index is 0.000000209. The first-order valence-corrected chi connectivity index (χ1v) is 28.8. The molecule has 456 valence electrons. The lowest BCUT2D eigenvalue weighted by Gasteiger charge is -2.33. The Morgan fingerprint density at radius 3 is 1.48 bits per heavy atom. The summed E-state index contributed by atoms with van der Waals surface area (Å²) in [6, 6.07) is 42.5. The van der Waals surface area contributed by atoms with Gasteiger partial charge in [0.15, 0.2) is 0 Å². The number of amides is 3. The Kier molecular flexibility index (Phi) is 21.5. The molecular weight excluding hydrogens is 1110 g/mol. The first-order valence-electron chi connectivity index (χ1n) is 28.8. The molecule has 2 aliphatic rings. The number of anilines is 2. The number of rotatable bonds is 15. The molecular formula is C67H75F3N10O7. The number of alkyl carbamates (subject to hydrolysis) is 1. The number of likely N-dealkylation sites (tertiary alicyclic amines) is 2. The van der Waals surface area contributed by atoms with Gasteiger partial charge in [0.1, 0.15) is 28.6 Å². The molecule has 0 aliphatic carbocycles. The van der Waals surface area contributed by atoms with Gasteiger partial charge in [-0.25, -0.2) is 14.8 Å². The summed E-state index contributed by atoms with van der Waals surface area (Å²) in [6.07, 6.45) is 5.45. The SMILES string of the molecule is Cc1cn(-c2cc(CN3CCC[C@H](N)C3)cc(NC(=O)c3ccc(C)c(Oc4ccccc4)c3)c2)cn1.Cc1cn(-c2cc(CN3CCC[C@H](NC(=O)OC(C)(C)C)C3)cc(NC(=O)c3ccc(C)c(Oc4ccccc4)c3)c2)cn1.O=CC(F)(F)F. The number of ether oxygens (including phenoxy) is 3. The summed E-state index contributed by atoms with van der Waals surface area (Å²) < 4.78 is 52.7. The van der Waals surface area contributed by atoms with Gasteiger partial charge < -0.3 is 45.0 Å². The topological polar surface area (TPSA) is 200 Å². The highest BCUT2D eigenvalue weighted by Crippen LogP contribution is 2.30. The molecule has 0 spiro atoms. The van der Waals surface area contributed by atoms with Crippen molar-refractivity contribution in [2.45, 2.75) is 111 Å². The number of hydrogen-bond acceptors (Lipinski definition) is 12. The van der Waals surface area contributed by atoms with Crippen LogP contribution < -0.4 is 31.2 Å². The van der Waals surface area contributed by atoms with E-state index in [1.54, 1.807) is 30.9 Å². The number of nitrogens with two attached hydrogens (primary N) is 1. The molecule has 2 saturated heterocycles. The molecule has 20 heteroatoms. The lowest BCUT2D eigenvalue weighted by Crippen LogP contribution is -2.48. The summed E-state index contributed by atoms with van der Waals surface area (Å²) in [5, 5.41) is 9.23. The Hall–Kier alpha value is -9.11. The quantitative estimate of drug-likeness (QED) is 0.0709. The minimum atomic E-state index is -4.64. The molecule has 0 saturated carbocycles. The number of carbonyl (C=O) groups excluding carboxylic acids is 4. The predicted molar refractivity (Wildman–Crippen MR) is 330 cm³/mol. The smallest absolute Gasteiger partial charge is 0.446 e. The maximum atomic E-state index is 13.5. The van der Waals surface area contributed by atoms with Gasteiger partial charge in [-0.1, -0.05) is 48.5 Å². The number of benzene rings is 6. The number of nitrogens with zero attached hydrogens (tertiary/aromatic N) is 6. The van der Waals surface area contributed by atoms with Crippen LogP contribution in [0.1, 0.15) is 101 Å². The fourth-order valence-corrected chi connectivity index (χ4v) is 9.98. The zero-order chi connectivity index (χ0) is 62.3. The van der Waals surface area contributed by atoms with Crippen molar-refractivity contribution in [1.29, 1.82) is 0 Å². The molecule has 2 fully saturated rings. The molecule has 4 heterocycles. The predicted octanol–water partition coefficient (Wildman–Crippen LogP) is 13.2. The molecule has 8 aromatic rings. The summed E-state index contributed by atoms with van der Waals surface area (Å²) in [5.74, 6) is 2.31. The van der Waals surface area contributed by atoms with Crippen molar-refractivity contribution >= 4 is 35.6 Å². The molecule has 3 amide bonds. The van der Waals surface area contributed by atoms with Gasteiger partial charge in [-0.15, -0.1) is 0 Å². The number of piperidine rings is 2. The summed E-state index contributed by atoms with van der Waals surface area (Å²) in [5.41, 5.74) is 15.9. The van der Waals surface area contributed by atoms with Gasteiger partial charge in [-0.2, -0.15) is 13.2 Å². The van der Waals surface area contributed by atoms with E-state index in [9.17, 15) is 27.6 Å². The number of aryl methyl sites for hydroxylation is 4. The summed E-state index contributed by atoms with van der Waals surface area (Å²) in [4.78, 5) is 61.3. The van der Waals surface area contributed by atoms with Gasteiger partial charge in [0.25, 0.3) is 11.8 Å². The lowest BCUT2D eigenvalue weighted by molar-refractivity contribution is -0.156. The fourth-order valence-electron chi connectivity index (χ4n) is 9.98. The zero-order valence-electron chi connectivity index (χ0n) is 50.1. The van der Waals surface area contributed by atoms with E-state index in [4.69, 9.17) is 24.7 Å². The first-order chi connectivity index (χ1) is 41.5. The van der Waals surface area contributed by atoms with E-state index in [0.29, 0.717) is 47.2 Å². The van der Waals surface area contributed by atoms with Crippen LogP contribution in [-0.2, 0) is 22.6 Å². The summed E-state index contributed by atoms with van der Waals surface area (Å²) in [7, 11) is 0.